The highest BCUT2D eigenvalue weighted by Gasteiger charge is 2.42. The molecule has 0 aromatic heterocycles. The van der Waals surface area contributed by atoms with Gasteiger partial charge in [0.2, 0.25) is 0 Å². The first-order valence-electron chi connectivity index (χ1n) is 3.26. The van der Waals surface area contributed by atoms with Crippen LogP contribution in [0.25, 0.3) is 0 Å². The van der Waals surface area contributed by atoms with Crippen molar-refractivity contribution in [1.29, 1.82) is 0 Å². The first-order valence-corrected chi connectivity index (χ1v) is 3.26. The maximum absolute atomic E-state index is 8.97. The van der Waals surface area contributed by atoms with Gasteiger partial charge in [0.1, 0.15) is 18.4 Å². The van der Waals surface area contributed by atoms with Crippen LogP contribution in [0.3, 0.4) is 0 Å². The summed E-state index contributed by atoms with van der Waals surface area (Å²) in [5, 5.41) is 8.97. The smallest absolute Gasteiger partial charge is 0.127 e. The van der Waals surface area contributed by atoms with Gasteiger partial charge in [-0.05, 0) is 0 Å². The number of aliphatic hydroxyl groups is 1. The molecular formula is C7H9NO2. The summed E-state index contributed by atoms with van der Waals surface area (Å²) in [5.74, 6) is 0. The Labute approximate surface area is 58.8 Å². The minimum absolute atomic E-state index is 0.0602. The second-order valence-electron chi connectivity index (χ2n) is 2.52. The fourth-order valence-corrected chi connectivity index (χ4v) is 1.18. The van der Waals surface area contributed by atoms with Crippen LogP contribution in [0.4, 0.5) is 0 Å². The van der Waals surface area contributed by atoms with Crippen LogP contribution in [0, 0.1) is 0 Å². The van der Waals surface area contributed by atoms with E-state index in [0.717, 1.165) is 5.57 Å². The summed E-state index contributed by atoms with van der Waals surface area (Å²) in [5.41, 5.74) is 6.04. The monoisotopic (exact) mass is 139 g/mol. The number of aliphatic hydroxyl groups excluding tert-OH is 1. The molecule has 0 spiro atoms. The molecule has 1 heterocycles. The Morgan fingerprint density at radius 3 is 3.10 bits per heavy atom. The van der Waals surface area contributed by atoms with Crippen molar-refractivity contribution in [2.24, 2.45) is 5.73 Å². The van der Waals surface area contributed by atoms with Crippen LogP contribution in [-0.2, 0) is 4.74 Å². The van der Waals surface area contributed by atoms with E-state index in [2.05, 4.69) is 0 Å². The Balaban J connectivity index is 2.20. The van der Waals surface area contributed by atoms with Crippen LogP contribution in [0.15, 0.2) is 23.8 Å². The molecule has 3 nitrogen and oxygen atoms in total. The third-order valence-corrected chi connectivity index (χ3v) is 1.79. The first-order chi connectivity index (χ1) is 4.79. The third kappa shape index (κ3) is 0.794. The summed E-state index contributed by atoms with van der Waals surface area (Å²) in [7, 11) is 0. The first kappa shape index (κ1) is 6.09. The highest BCUT2D eigenvalue weighted by atomic mass is 16.6. The summed E-state index contributed by atoms with van der Waals surface area (Å²) in [6.07, 6.45) is 5.00. The van der Waals surface area contributed by atoms with E-state index in [1.54, 1.807) is 6.08 Å². The van der Waals surface area contributed by atoms with E-state index in [1.807, 2.05) is 12.2 Å². The lowest BCUT2D eigenvalue weighted by atomic mass is 10.0. The molecule has 2 rings (SSSR count). The Kier molecular flexibility index (Phi) is 1.17. The largest absolute Gasteiger partial charge is 0.375 e. The number of hydrogen-bond acceptors (Lipinski definition) is 3. The predicted molar refractivity (Wildman–Crippen MR) is 36.1 cm³/mol. The van der Waals surface area contributed by atoms with Gasteiger partial charge in [-0.15, -0.1) is 0 Å². The normalized spacial score (nSPS) is 38.4. The summed E-state index contributed by atoms with van der Waals surface area (Å²) in [6.45, 7) is 0. The van der Waals surface area contributed by atoms with Gasteiger partial charge in [-0.2, -0.15) is 0 Å². The summed E-state index contributed by atoms with van der Waals surface area (Å²) in [4.78, 5) is 0. The highest BCUT2D eigenvalue weighted by Crippen LogP contribution is 2.33. The average Bonchev–Trinajstić information content (AvgIpc) is 2.63. The standard InChI is InChI=1S/C7H9NO2/c8-7(9)4-2-1-3-5-6(4)10-5/h1-3,5-7,9H,8H2. The number of ether oxygens (including phenoxy) is 1. The van der Waals surface area contributed by atoms with E-state index < -0.39 is 6.23 Å². The molecule has 1 aliphatic carbocycles. The maximum atomic E-state index is 8.97. The van der Waals surface area contributed by atoms with Crippen molar-refractivity contribution >= 4 is 0 Å². The van der Waals surface area contributed by atoms with Gasteiger partial charge in [0, 0.05) is 5.57 Å². The summed E-state index contributed by atoms with van der Waals surface area (Å²) in [6, 6.07) is 0. The lowest BCUT2D eigenvalue weighted by Crippen LogP contribution is -2.25. The molecule has 3 N–H and O–H groups in total. The molecule has 1 fully saturated rings. The fourth-order valence-electron chi connectivity index (χ4n) is 1.18. The van der Waals surface area contributed by atoms with Crippen molar-refractivity contribution in [3.05, 3.63) is 23.8 Å². The van der Waals surface area contributed by atoms with Crippen LogP contribution in [-0.4, -0.2) is 23.5 Å². The van der Waals surface area contributed by atoms with Crippen LogP contribution >= 0.6 is 0 Å². The lowest BCUT2D eigenvalue weighted by molar-refractivity contribution is 0.208. The zero-order chi connectivity index (χ0) is 7.14. The van der Waals surface area contributed by atoms with E-state index in [9.17, 15) is 0 Å². The number of epoxide rings is 1. The molecule has 0 radical (unpaired) electrons. The van der Waals surface area contributed by atoms with Crippen LogP contribution in [0.5, 0.6) is 0 Å². The number of fused-ring (bicyclic) bond motifs is 1. The van der Waals surface area contributed by atoms with Crippen molar-refractivity contribution in [2.75, 3.05) is 0 Å². The van der Waals surface area contributed by atoms with Crippen LogP contribution in [0.1, 0.15) is 0 Å². The molecule has 3 unspecified atom stereocenters. The lowest BCUT2D eigenvalue weighted by Gasteiger charge is -2.07. The molecule has 10 heavy (non-hydrogen) atoms. The van der Waals surface area contributed by atoms with E-state index in [1.165, 1.54) is 0 Å². The third-order valence-electron chi connectivity index (χ3n) is 1.79. The molecule has 1 saturated heterocycles. The van der Waals surface area contributed by atoms with E-state index in [0.29, 0.717) is 0 Å². The number of nitrogens with two attached hydrogens (primary N) is 1. The Hall–Kier alpha value is -0.640. The summed E-state index contributed by atoms with van der Waals surface area (Å²) >= 11 is 0. The number of hydrogen-bond donors (Lipinski definition) is 2. The average molecular weight is 139 g/mol. The second kappa shape index (κ2) is 1.92. The van der Waals surface area contributed by atoms with Crippen molar-refractivity contribution in [1.82, 2.24) is 0 Å². The zero-order valence-corrected chi connectivity index (χ0v) is 5.40. The van der Waals surface area contributed by atoms with E-state index >= 15 is 0 Å². The van der Waals surface area contributed by atoms with Gasteiger partial charge in [0.05, 0.1) is 0 Å². The van der Waals surface area contributed by atoms with Gasteiger partial charge in [0.15, 0.2) is 0 Å². The molecule has 0 bridgehead atoms. The zero-order valence-electron chi connectivity index (χ0n) is 5.40. The minimum atomic E-state index is -0.861. The molecule has 54 valence electrons. The maximum Gasteiger partial charge on any atom is 0.127 e. The Bertz CT molecular complexity index is 208. The number of rotatable bonds is 1. The van der Waals surface area contributed by atoms with Gasteiger partial charge in [-0.3, -0.25) is 0 Å². The second-order valence-corrected chi connectivity index (χ2v) is 2.52. The molecule has 1 aliphatic heterocycles. The van der Waals surface area contributed by atoms with Crippen LogP contribution < -0.4 is 5.73 Å². The molecule has 2 aliphatic rings. The number of allylic oxidation sites excluding steroid dienone is 2. The molecule has 0 aromatic carbocycles. The molecule has 3 atom stereocenters. The van der Waals surface area contributed by atoms with E-state index in [-0.39, 0.29) is 12.2 Å². The Morgan fingerprint density at radius 1 is 1.70 bits per heavy atom. The van der Waals surface area contributed by atoms with Crippen LogP contribution in [0.2, 0.25) is 0 Å². The fraction of sp³-hybridized carbons (Fsp3) is 0.429. The Morgan fingerprint density at radius 2 is 2.50 bits per heavy atom. The van der Waals surface area contributed by atoms with E-state index in [4.69, 9.17) is 15.6 Å². The predicted octanol–water partition coefficient (Wildman–Crippen LogP) is -0.473. The molecule has 0 saturated carbocycles. The van der Waals surface area contributed by atoms with Gasteiger partial charge in [-0.1, -0.05) is 18.2 Å². The molecular weight excluding hydrogens is 130 g/mol. The molecule has 3 heteroatoms. The van der Waals surface area contributed by atoms with Gasteiger partial charge in [0.25, 0.3) is 0 Å². The summed E-state index contributed by atoms with van der Waals surface area (Å²) < 4.78 is 5.16. The highest BCUT2D eigenvalue weighted by molar-refractivity contribution is 5.33. The molecule has 0 aromatic rings. The van der Waals surface area contributed by atoms with Gasteiger partial charge < -0.3 is 15.6 Å². The van der Waals surface area contributed by atoms with Gasteiger partial charge >= 0.3 is 0 Å². The van der Waals surface area contributed by atoms with Crippen molar-refractivity contribution in [2.45, 2.75) is 18.4 Å². The van der Waals surface area contributed by atoms with Gasteiger partial charge in [-0.25, -0.2) is 0 Å². The minimum Gasteiger partial charge on any atom is -0.375 e. The topological polar surface area (TPSA) is 58.8 Å². The quantitative estimate of drug-likeness (QED) is 0.381. The molecule has 0 amide bonds. The van der Waals surface area contributed by atoms with Crippen molar-refractivity contribution < 1.29 is 9.84 Å². The SMILES string of the molecule is NC(O)C1=CC=CC2OC12. The van der Waals surface area contributed by atoms with Crippen molar-refractivity contribution in [3.8, 4) is 0 Å². The van der Waals surface area contributed by atoms with Crippen molar-refractivity contribution in [3.63, 3.8) is 0 Å².